The van der Waals surface area contributed by atoms with Gasteiger partial charge in [0.1, 0.15) is 23.9 Å². The predicted octanol–water partition coefficient (Wildman–Crippen LogP) is 0.662. The quantitative estimate of drug-likeness (QED) is 0.208. The topological polar surface area (TPSA) is 204 Å². The van der Waals surface area contributed by atoms with E-state index in [2.05, 4.69) is 0 Å². The summed E-state index contributed by atoms with van der Waals surface area (Å²) in [5.41, 5.74) is 4.51. The molecule has 0 bridgehead atoms. The normalized spacial score (nSPS) is 27.8. The third-order valence-electron chi connectivity index (χ3n) is 8.18. The van der Waals surface area contributed by atoms with E-state index in [9.17, 15) is 34.8 Å². The number of aliphatic hydroxyl groups excluding tert-OH is 4. The molecule has 13 nitrogen and oxygen atoms in total. The Morgan fingerprint density at radius 1 is 1.02 bits per heavy atom. The van der Waals surface area contributed by atoms with Crippen molar-refractivity contribution < 1.29 is 58.5 Å². The van der Waals surface area contributed by atoms with E-state index in [1.807, 2.05) is 0 Å². The van der Waals surface area contributed by atoms with E-state index in [0.717, 1.165) is 0 Å². The number of carbonyl (C=O) groups is 3. The molecule has 43 heavy (non-hydrogen) atoms. The summed E-state index contributed by atoms with van der Waals surface area (Å²) in [7, 11) is 0. The van der Waals surface area contributed by atoms with Crippen LogP contribution in [0.4, 0.5) is 0 Å². The molecule has 2 aromatic carbocycles. The summed E-state index contributed by atoms with van der Waals surface area (Å²) in [6.45, 7) is 0.284. The largest absolute Gasteiger partial charge is 0.467 e. The maximum Gasteiger partial charge on any atom is 0.198 e. The molecule has 6 N–H and O–H groups in total. The Kier molecular flexibility index (Phi) is 9.91. The van der Waals surface area contributed by atoms with Gasteiger partial charge < -0.3 is 49.8 Å². The van der Waals surface area contributed by atoms with Gasteiger partial charge in [-0.1, -0.05) is 24.3 Å². The van der Waals surface area contributed by atoms with Gasteiger partial charge in [-0.25, -0.2) is 0 Å². The smallest absolute Gasteiger partial charge is 0.198 e. The average molecular weight is 624 g/mol. The van der Waals surface area contributed by atoms with Gasteiger partial charge >= 0.3 is 0 Å². The minimum atomic E-state index is -1.69. The number of ether oxygens (including phenoxy) is 5. The van der Waals surface area contributed by atoms with Crippen LogP contribution in [-0.2, 0) is 25.4 Å². The SMILES string of the molecule is CC(=O)[C@]1(OCO)Cc2c(OCO)c3c(c(OCO)c2[C@@H](O[C@H]2C[C@H](N)[C@H](O)[C@H](C)O2)C1)C(=O)c1ccccc1C3=O.Cl. The van der Waals surface area contributed by atoms with Crippen molar-refractivity contribution in [2.45, 2.75) is 69.4 Å². The summed E-state index contributed by atoms with van der Waals surface area (Å²) in [6, 6.07) is 5.46. The Balaban J connectivity index is 0.00000423. The number of aliphatic hydroxyl groups is 4. The molecule has 0 aromatic heterocycles. The van der Waals surface area contributed by atoms with Crippen LogP contribution in [-0.4, -0.2) is 88.3 Å². The summed E-state index contributed by atoms with van der Waals surface area (Å²) >= 11 is 0. The number of benzene rings is 2. The molecule has 0 amide bonds. The summed E-state index contributed by atoms with van der Waals surface area (Å²) in [4.78, 5) is 40.8. The third-order valence-corrected chi connectivity index (χ3v) is 8.18. The second-order valence-corrected chi connectivity index (χ2v) is 10.5. The van der Waals surface area contributed by atoms with Gasteiger partial charge in [0.25, 0.3) is 0 Å². The molecule has 1 fully saturated rings. The minimum Gasteiger partial charge on any atom is -0.467 e. The molecule has 0 unspecified atom stereocenters. The highest BCUT2D eigenvalue weighted by Crippen LogP contribution is 2.53. The lowest BCUT2D eigenvalue weighted by Crippen LogP contribution is -2.53. The van der Waals surface area contributed by atoms with Crippen molar-refractivity contribution in [3.8, 4) is 11.5 Å². The van der Waals surface area contributed by atoms with Gasteiger partial charge in [0.2, 0.25) is 0 Å². The van der Waals surface area contributed by atoms with Crippen molar-refractivity contribution >= 4 is 29.8 Å². The fourth-order valence-electron chi connectivity index (χ4n) is 6.14. The molecule has 2 aromatic rings. The van der Waals surface area contributed by atoms with Gasteiger partial charge in [0.05, 0.1) is 29.4 Å². The van der Waals surface area contributed by atoms with E-state index in [4.69, 9.17) is 29.4 Å². The van der Waals surface area contributed by atoms with Crippen molar-refractivity contribution in [1.82, 2.24) is 0 Å². The molecule has 2 aliphatic carbocycles. The van der Waals surface area contributed by atoms with Crippen molar-refractivity contribution in [2.75, 3.05) is 20.4 Å². The molecular formula is C29H34ClNO12. The Bertz CT molecular complexity index is 1400. The summed E-state index contributed by atoms with van der Waals surface area (Å²) in [5.74, 6) is -2.02. The maximum atomic E-state index is 13.9. The molecule has 1 heterocycles. The first kappa shape index (κ1) is 32.9. The molecule has 0 spiro atoms. The van der Waals surface area contributed by atoms with Crippen molar-refractivity contribution in [3.05, 3.63) is 57.6 Å². The lowest BCUT2D eigenvalue weighted by molar-refractivity contribution is -0.250. The highest BCUT2D eigenvalue weighted by atomic mass is 35.5. The first-order valence-electron chi connectivity index (χ1n) is 13.5. The second-order valence-electron chi connectivity index (χ2n) is 10.5. The Labute approximate surface area is 252 Å². The van der Waals surface area contributed by atoms with Crippen molar-refractivity contribution in [1.29, 1.82) is 0 Å². The average Bonchev–Trinajstić information content (AvgIpc) is 2.95. The lowest BCUT2D eigenvalue weighted by Gasteiger charge is -2.44. The van der Waals surface area contributed by atoms with E-state index >= 15 is 0 Å². The summed E-state index contributed by atoms with van der Waals surface area (Å²) in [6.07, 6.45) is -4.19. The number of fused-ring (bicyclic) bond motifs is 3. The lowest BCUT2D eigenvalue weighted by atomic mass is 9.72. The Morgan fingerprint density at radius 3 is 2.14 bits per heavy atom. The second kappa shape index (κ2) is 12.9. The first-order chi connectivity index (χ1) is 20.1. The molecule has 1 aliphatic heterocycles. The zero-order chi connectivity index (χ0) is 30.3. The van der Waals surface area contributed by atoms with Crippen LogP contribution in [0.15, 0.2) is 24.3 Å². The molecule has 14 heteroatoms. The third kappa shape index (κ3) is 5.57. The summed E-state index contributed by atoms with van der Waals surface area (Å²) < 4.78 is 29.0. The van der Waals surface area contributed by atoms with Gasteiger partial charge in [-0.15, -0.1) is 12.4 Å². The highest BCUT2D eigenvalue weighted by Gasteiger charge is 2.51. The fraction of sp³-hybridized carbons (Fsp3) is 0.483. The minimum absolute atomic E-state index is 0. The zero-order valence-corrected chi connectivity index (χ0v) is 24.3. The number of hydrogen-bond donors (Lipinski definition) is 5. The molecule has 3 aliphatic rings. The molecular weight excluding hydrogens is 590 g/mol. The number of rotatable bonds is 9. The van der Waals surface area contributed by atoms with Crippen LogP contribution in [0.25, 0.3) is 0 Å². The number of ketones is 3. The van der Waals surface area contributed by atoms with Gasteiger partial charge in [0, 0.05) is 47.6 Å². The van der Waals surface area contributed by atoms with Gasteiger partial charge in [-0.05, 0) is 13.8 Å². The maximum absolute atomic E-state index is 13.9. The monoisotopic (exact) mass is 623 g/mol. The van der Waals surface area contributed by atoms with Crippen LogP contribution in [0.3, 0.4) is 0 Å². The Hall–Kier alpha value is -2.98. The van der Waals surface area contributed by atoms with Crippen LogP contribution in [0.5, 0.6) is 11.5 Å². The molecule has 5 rings (SSSR count). The van der Waals surface area contributed by atoms with Gasteiger partial charge in [-0.3, -0.25) is 14.4 Å². The van der Waals surface area contributed by atoms with E-state index in [1.54, 1.807) is 19.1 Å². The van der Waals surface area contributed by atoms with Crippen LogP contribution in [0.2, 0.25) is 0 Å². The molecule has 1 saturated heterocycles. The predicted molar refractivity (Wildman–Crippen MR) is 149 cm³/mol. The molecule has 0 radical (unpaired) electrons. The van der Waals surface area contributed by atoms with Gasteiger partial charge in [0.15, 0.2) is 37.2 Å². The zero-order valence-electron chi connectivity index (χ0n) is 23.5. The fourth-order valence-corrected chi connectivity index (χ4v) is 6.14. The van der Waals surface area contributed by atoms with E-state index < -0.39 is 74.0 Å². The number of hydrogen-bond acceptors (Lipinski definition) is 13. The van der Waals surface area contributed by atoms with E-state index in [-0.39, 0.29) is 76.5 Å². The summed E-state index contributed by atoms with van der Waals surface area (Å²) in [5, 5.41) is 39.8. The van der Waals surface area contributed by atoms with Crippen molar-refractivity contribution in [2.24, 2.45) is 5.73 Å². The Morgan fingerprint density at radius 2 is 1.60 bits per heavy atom. The number of carbonyl (C=O) groups excluding carboxylic acids is 3. The highest BCUT2D eigenvalue weighted by molar-refractivity contribution is 6.30. The van der Waals surface area contributed by atoms with Crippen molar-refractivity contribution in [3.63, 3.8) is 0 Å². The molecule has 0 saturated carbocycles. The number of halogens is 1. The number of nitrogens with two attached hydrogens (primary N) is 1. The van der Waals surface area contributed by atoms with E-state index in [1.165, 1.54) is 19.1 Å². The standard InChI is InChI=1S/C29H33NO12.ClH/c1-13-24(35)18(30)7-20(41-13)42-19-9-29(14(2)34,40-12-33)8-17-21(19)28(39-11-32)23-22(27(17)38-10-31)25(36)15-5-3-4-6-16(15)26(23)37;/h3-6,13,18-20,24,31-33,35H,7-12,30H2,1-2H3;1H/t13-,18-,19-,20-,24+,29-;/m0./s1. The van der Waals surface area contributed by atoms with Gasteiger partial charge in [-0.2, -0.15) is 0 Å². The van der Waals surface area contributed by atoms with E-state index in [0.29, 0.717) is 0 Å². The van der Waals surface area contributed by atoms with Crippen LogP contribution in [0, 0.1) is 0 Å². The molecule has 234 valence electrons. The van der Waals surface area contributed by atoms with Crippen LogP contribution < -0.4 is 15.2 Å². The van der Waals surface area contributed by atoms with Crippen LogP contribution in [0.1, 0.15) is 75.8 Å². The number of Topliss-reactive ketones (excluding diaryl/α,β-unsaturated/α-hetero) is 1. The molecule has 6 atom stereocenters. The van der Waals surface area contributed by atoms with Crippen LogP contribution >= 0.6 is 12.4 Å². The first-order valence-corrected chi connectivity index (χ1v) is 13.5.